The SMILES string of the molecule is Cc1c(-c2cccc(-c3ccc(-c4ccc(N(c5cc6ccccc6c6ccccc56)c5cc6ccccc6c6ccccc56)cc4)cc3)c2)oc2ccccc12. The zero-order chi connectivity index (χ0) is 37.9. The highest BCUT2D eigenvalue weighted by atomic mass is 16.3. The Morgan fingerprint density at radius 2 is 0.772 bits per heavy atom. The molecule has 268 valence electrons. The average molecular weight is 728 g/mol. The normalized spacial score (nSPS) is 11.6. The van der Waals surface area contributed by atoms with Crippen LogP contribution in [-0.2, 0) is 0 Å². The van der Waals surface area contributed by atoms with Crippen LogP contribution in [0, 0.1) is 6.92 Å². The van der Waals surface area contributed by atoms with Crippen molar-refractivity contribution in [1.29, 1.82) is 0 Å². The maximum Gasteiger partial charge on any atom is 0.138 e. The molecule has 0 radical (unpaired) electrons. The van der Waals surface area contributed by atoms with Crippen LogP contribution in [0.15, 0.2) is 211 Å². The summed E-state index contributed by atoms with van der Waals surface area (Å²) in [6, 6.07) is 74.7. The lowest BCUT2D eigenvalue weighted by atomic mass is 9.96. The number of hydrogen-bond donors (Lipinski definition) is 0. The molecule has 1 heterocycles. The summed E-state index contributed by atoms with van der Waals surface area (Å²) in [6.07, 6.45) is 0. The molecule has 0 atom stereocenters. The monoisotopic (exact) mass is 727 g/mol. The molecule has 1 aromatic heterocycles. The number of para-hydroxylation sites is 1. The fourth-order valence-corrected chi connectivity index (χ4v) is 8.79. The Morgan fingerprint density at radius 1 is 0.333 bits per heavy atom. The van der Waals surface area contributed by atoms with E-state index in [0.29, 0.717) is 0 Å². The summed E-state index contributed by atoms with van der Waals surface area (Å²) in [5, 5.41) is 11.0. The van der Waals surface area contributed by atoms with Crippen molar-refractivity contribution in [3.63, 3.8) is 0 Å². The van der Waals surface area contributed by atoms with Gasteiger partial charge in [0.2, 0.25) is 0 Å². The van der Waals surface area contributed by atoms with Crippen molar-refractivity contribution in [2.75, 3.05) is 4.90 Å². The van der Waals surface area contributed by atoms with Crippen LogP contribution in [-0.4, -0.2) is 0 Å². The molecule has 0 saturated heterocycles. The summed E-state index contributed by atoms with van der Waals surface area (Å²) in [7, 11) is 0. The molecule has 0 bridgehead atoms. The molecule has 57 heavy (non-hydrogen) atoms. The third kappa shape index (κ3) is 5.57. The van der Waals surface area contributed by atoms with E-state index >= 15 is 0 Å². The Labute approximate surface area is 331 Å². The van der Waals surface area contributed by atoms with E-state index in [-0.39, 0.29) is 0 Å². The Balaban J connectivity index is 1.01. The minimum atomic E-state index is 0.921. The summed E-state index contributed by atoms with van der Waals surface area (Å²) >= 11 is 0. The van der Waals surface area contributed by atoms with Crippen LogP contribution in [0.2, 0.25) is 0 Å². The predicted octanol–water partition coefficient (Wildman–Crippen LogP) is 15.8. The summed E-state index contributed by atoms with van der Waals surface area (Å²) in [4.78, 5) is 2.47. The average Bonchev–Trinajstić information content (AvgIpc) is 3.63. The molecule has 10 aromatic carbocycles. The van der Waals surface area contributed by atoms with Crippen molar-refractivity contribution >= 4 is 71.1 Å². The van der Waals surface area contributed by atoms with E-state index in [2.05, 4.69) is 206 Å². The second kappa shape index (κ2) is 13.4. The molecule has 11 rings (SSSR count). The number of nitrogens with zero attached hydrogens (tertiary/aromatic N) is 1. The fraction of sp³-hybridized carbons (Fsp3) is 0.0182. The maximum absolute atomic E-state index is 6.31. The lowest BCUT2D eigenvalue weighted by molar-refractivity contribution is 0.629. The first-order valence-corrected chi connectivity index (χ1v) is 19.6. The molecule has 0 saturated carbocycles. The van der Waals surface area contributed by atoms with Gasteiger partial charge >= 0.3 is 0 Å². The van der Waals surface area contributed by atoms with Crippen LogP contribution >= 0.6 is 0 Å². The zero-order valence-electron chi connectivity index (χ0n) is 31.5. The highest BCUT2D eigenvalue weighted by Crippen LogP contribution is 2.46. The van der Waals surface area contributed by atoms with Crippen LogP contribution in [0.1, 0.15) is 5.56 Å². The van der Waals surface area contributed by atoms with Crippen molar-refractivity contribution < 1.29 is 4.42 Å². The van der Waals surface area contributed by atoms with Crippen LogP contribution in [0.4, 0.5) is 17.1 Å². The van der Waals surface area contributed by atoms with Crippen molar-refractivity contribution in [1.82, 2.24) is 0 Å². The molecule has 0 aliphatic rings. The van der Waals surface area contributed by atoms with E-state index in [1.807, 2.05) is 12.1 Å². The molecule has 0 aliphatic heterocycles. The van der Waals surface area contributed by atoms with Gasteiger partial charge in [0.05, 0.1) is 11.4 Å². The van der Waals surface area contributed by atoms with Gasteiger partial charge in [0, 0.05) is 33.0 Å². The van der Waals surface area contributed by atoms with E-state index < -0.39 is 0 Å². The summed E-state index contributed by atoms with van der Waals surface area (Å²) < 4.78 is 6.31. The Bertz CT molecular complexity index is 3180. The molecule has 11 aromatic rings. The number of anilines is 3. The highest BCUT2D eigenvalue weighted by Gasteiger charge is 2.21. The van der Waals surface area contributed by atoms with Gasteiger partial charge in [0.1, 0.15) is 11.3 Å². The zero-order valence-corrected chi connectivity index (χ0v) is 31.5. The van der Waals surface area contributed by atoms with Gasteiger partial charge in [0.15, 0.2) is 0 Å². The Morgan fingerprint density at radius 3 is 1.33 bits per heavy atom. The number of benzene rings is 10. The molecule has 0 N–H and O–H groups in total. The van der Waals surface area contributed by atoms with Crippen molar-refractivity contribution in [2.45, 2.75) is 6.92 Å². The van der Waals surface area contributed by atoms with E-state index in [1.54, 1.807) is 0 Å². The quantitative estimate of drug-likeness (QED) is 0.159. The van der Waals surface area contributed by atoms with Crippen molar-refractivity contribution in [2.24, 2.45) is 0 Å². The molecule has 0 amide bonds. The second-order valence-corrected chi connectivity index (χ2v) is 14.9. The number of hydrogen-bond acceptors (Lipinski definition) is 2. The van der Waals surface area contributed by atoms with E-state index in [1.165, 1.54) is 65.3 Å². The standard InChI is InChI=1S/C55H37NO/c1-36-45-17-10-11-24-54(45)57-55(36)43-16-12-15-40(33-43)39-27-25-37(26-28-39)38-29-31-44(32-30-38)56(52-34-41-13-2-4-18-46(41)48-20-6-8-22-50(48)52)53-35-42-14-3-5-19-47(42)49-21-7-9-23-51(49)53/h2-35H,1H3. The van der Waals surface area contributed by atoms with Gasteiger partial charge in [-0.05, 0) is 97.9 Å². The number of furan rings is 1. The Kier molecular flexibility index (Phi) is 7.75. The third-order valence-electron chi connectivity index (χ3n) is 11.6. The molecular weight excluding hydrogens is 691 g/mol. The first kappa shape index (κ1) is 33.0. The van der Waals surface area contributed by atoms with Crippen LogP contribution < -0.4 is 4.90 Å². The predicted molar refractivity (Wildman–Crippen MR) is 242 cm³/mol. The van der Waals surface area contributed by atoms with Gasteiger partial charge in [-0.15, -0.1) is 0 Å². The minimum Gasteiger partial charge on any atom is -0.456 e. The number of rotatable bonds is 6. The lowest BCUT2D eigenvalue weighted by Gasteiger charge is -2.29. The highest BCUT2D eigenvalue weighted by molar-refractivity contribution is 6.18. The summed E-state index contributed by atoms with van der Waals surface area (Å²) in [5.74, 6) is 0.928. The second-order valence-electron chi connectivity index (χ2n) is 14.9. The van der Waals surface area contributed by atoms with Crippen LogP contribution in [0.25, 0.3) is 87.6 Å². The van der Waals surface area contributed by atoms with Gasteiger partial charge in [-0.3, -0.25) is 0 Å². The maximum atomic E-state index is 6.31. The van der Waals surface area contributed by atoms with E-state index in [9.17, 15) is 0 Å². The first-order chi connectivity index (χ1) is 28.2. The summed E-state index contributed by atoms with van der Waals surface area (Å²) in [6.45, 7) is 2.14. The van der Waals surface area contributed by atoms with Gasteiger partial charge in [-0.2, -0.15) is 0 Å². The minimum absolute atomic E-state index is 0.921. The van der Waals surface area contributed by atoms with Crippen molar-refractivity contribution in [3.05, 3.63) is 212 Å². The molecule has 0 spiro atoms. The number of aryl methyl sites for hydroxylation is 1. The Hall–Kier alpha value is -7.42. The first-order valence-electron chi connectivity index (χ1n) is 19.6. The van der Waals surface area contributed by atoms with Crippen LogP contribution in [0.3, 0.4) is 0 Å². The molecule has 2 nitrogen and oxygen atoms in total. The van der Waals surface area contributed by atoms with Crippen molar-refractivity contribution in [3.8, 4) is 33.6 Å². The van der Waals surface area contributed by atoms with E-state index in [4.69, 9.17) is 4.42 Å². The topological polar surface area (TPSA) is 16.4 Å². The van der Waals surface area contributed by atoms with Gasteiger partial charge in [-0.25, -0.2) is 0 Å². The molecular formula is C55H37NO. The number of fused-ring (bicyclic) bond motifs is 7. The largest absolute Gasteiger partial charge is 0.456 e. The fourth-order valence-electron chi connectivity index (χ4n) is 8.79. The van der Waals surface area contributed by atoms with Gasteiger partial charge in [-0.1, -0.05) is 170 Å². The van der Waals surface area contributed by atoms with E-state index in [0.717, 1.165) is 44.9 Å². The smallest absolute Gasteiger partial charge is 0.138 e. The third-order valence-corrected chi connectivity index (χ3v) is 11.6. The lowest BCUT2D eigenvalue weighted by Crippen LogP contribution is -2.11. The molecule has 0 fully saturated rings. The molecule has 0 aliphatic carbocycles. The molecule has 2 heteroatoms. The van der Waals surface area contributed by atoms with Crippen LogP contribution in [0.5, 0.6) is 0 Å². The van der Waals surface area contributed by atoms with Gasteiger partial charge < -0.3 is 9.32 Å². The summed E-state index contributed by atoms with van der Waals surface area (Å²) in [5.41, 5.74) is 11.3. The van der Waals surface area contributed by atoms with Gasteiger partial charge in [0.25, 0.3) is 0 Å². The molecule has 0 unspecified atom stereocenters.